The molecule has 2 N–H and O–H groups in total. The van der Waals surface area contributed by atoms with Crippen molar-refractivity contribution in [2.75, 3.05) is 27.2 Å². The zero-order valence-corrected chi connectivity index (χ0v) is 15.3. The minimum Gasteiger partial charge on any atom is -0.495 e. The molecule has 134 valence electrons. The van der Waals surface area contributed by atoms with Crippen molar-refractivity contribution < 1.29 is 17.9 Å². The molecule has 1 unspecified atom stereocenters. The normalized spacial score (nSPS) is 18.0. The van der Waals surface area contributed by atoms with Crippen molar-refractivity contribution in [1.82, 2.24) is 14.9 Å². The molecule has 1 aliphatic rings. The Morgan fingerprint density at radius 2 is 2.12 bits per heavy atom. The van der Waals surface area contributed by atoms with Crippen LogP contribution < -0.4 is 14.8 Å². The van der Waals surface area contributed by atoms with E-state index in [0.29, 0.717) is 5.56 Å². The van der Waals surface area contributed by atoms with Crippen LogP contribution in [0.1, 0.15) is 30.6 Å². The SMILES string of the molecule is COc1ccc(C(=O)N(C)C2CCNC2)cc1S(=O)(=O)NC(C)C. The molecule has 0 aromatic heterocycles. The van der Waals surface area contributed by atoms with Crippen LogP contribution in [0, 0.1) is 0 Å². The largest absolute Gasteiger partial charge is 0.495 e. The molecule has 1 aromatic carbocycles. The average Bonchev–Trinajstić information content (AvgIpc) is 3.06. The third kappa shape index (κ3) is 4.06. The van der Waals surface area contributed by atoms with Crippen LogP contribution in [-0.2, 0) is 10.0 Å². The summed E-state index contributed by atoms with van der Waals surface area (Å²) < 4.78 is 32.7. The standard InChI is InChI=1S/C16H25N3O4S/c1-11(2)18-24(21,22)15-9-12(5-6-14(15)23-4)16(20)19(3)13-7-8-17-10-13/h5-6,9,11,13,17-18H,7-8,10H2,1-4H3. The second kappa shape index (κ2) is 7.50. The zero-order chi connectivity index (χ0) is 17.9. The Labute approximate surface area is 143 Å². The molecule has 1 aromatic rings. The topological polar surface area (TPSA) is 87.7 Å². The number of rotatable bonds is 6. The number of hydrogen-bond donors (Lipinski definition) is 2. The van der Waals surface area contributed by atoms with Crippen molar-refractivity contribution in [3.8, 4) is 5.75 Å². The highest BCUT2D eigenvalue weighted by molar-refractivity contribution is 7.89. The number of likely N-dealkylation sites (N-methyl/N-ethyl adjacent to an activating group) is 1. The number of carbonyl (C=O) groups excluding carboxylic acids is 1. The monoisotopic (exact) mass is 355 g/mol. The van der Waals surface area contributed by atoms with Crippen molar-refractivity contribution in [2.45, 2.75) is 37.2 Å². The van der Waals surface area contributed by atoms with E-state index in [1.165, 1.54) is 19.2 Å². The molecule has 2 rings (SSSR count). The average molecular weight is 355 g/mol. The predicted octanol–water partition coefficient (Wildman–Crippen LogP) is 0.816. The fourth-order valence-electron chi connectivity index (χ4n) is 2.73. The molecular weight excluding hydrogens is 330 g/mol. The van der Waals surface area contributed by atoms with Gasteiger partial charge in [-0.05, 0) is 45.0 Å². The van der Waals surface area contributed by atoms with Crippen molar-refractivity contribution in [3.05, 3.63) is 23.8 Å². The lowest BCUT2D eigenvalue weighted by molar-refractivity contribution is 0.0743. The first kappa shape index (κ1) is 18.7. The van der Waals surface area contributed by atoms with Gasteiger partial charge in [0.1, 0.15) is 10.6 Å². The fourth-order valence-corrected chi connectivity index (χ4v) is 4.18. The second-order valence-electron chi connectivity index (χ2n) is 6.20. The van der Waals surface area contributed by atoms with Gasteiger partial charge in [-0.15, -0.1) is 0 Å². The Kier molecular flexibility index (Phi) is 5.84. The third-order valence-corrected chi connectivity index (χ3v) is 5.67. The summed E-state index contributed by atoms with van der Waals surface area (Å²) in [4.78, 5) is 14.3. The van der Waals surface area contributed by atoms with E-state index < -0.39 is 10.0 Å². The van der Waals surface area contributed by atoms with Crippen LogP contribution in [-0.4, -0.2) is 58.6 Å². The Hall–Kier alpha value is -1.64. The molecule has 1 atom stereocenters. The lowest BCUT2D eigenvalue weighted by Gasteiger charge is -2.24. The van der Waals surface area contributed by atoms with Gasteiger partial charge in [0.2, 0.25) is 10.0 Å². The van der Waals surface area contributed by atoms with E-state index in [2.05, 4.69) is 10.0 Å². The molecule has 1 amide bonds. The molecule has 24 heavy (non-hydrogen) atoms. The van der Waals surface area contributed by atoms with Crippen LogP contribution in [0.2, 0.25) is 0 Å². The van der Waals surface area contributed by atoms with Gasteiger partial charge in [-0.25, -0.2) is 13.1 Å². The van der Waals surface area contributed by atoms with E-state index in [-0.39, 0.29) is 28.6 Å². The van der Waals surface area contributed by atoms with Gasteiger partial charge in [0.15, 0.2) is 0 Å². The number of amides is 1. The van der Waals surface area contributed by atoms with Crippen LogP contribution in [0.4, 0.5) is 0 Å². The quantitative estimate of drug-likeness (QED) is 0.789. The Balaban J connectivity index is 2.35. The molecular formula is C16H25N3O4S. The molecule has 0 bridgehead atoms. The number of nitrogens with one attached hydrogen (secondary N) is 2. The Bertz CT molecular complexity index is 697. The lowest BCUT2D eigenvalue weighted by atomic mass is 10.1. The van der Waals surface area contributed by atoms with Crippen LogP contribution in [0.3, 0.4) is 0 Å². The highest BCUT2D eigenvalue weighted by atomic mass is 32.2. The molecule has 1 fully saturated rings. The third-order valence-electron chi connectivity index (χ3n) is 3.99. The minimum atomic E-state index is -3.76. The number of methoxy groups -OCH3 is 1. The Morgan fingerprint density at radius 3 is 2.67 bits per heavy atom. The first-order valence-corrected chi connectivity index (χ1v) is 9.43. The van der Waals surface area contributed by atoms with Gasteiger partial charge in [-0.3, -0.25) is 4.79 Å². The van der Waals surface area contributed by atoms with Gasteiger partial charge in [0, 0.05) is 31.2 Å². The summed E-state index contributed by atoms with van der Waals surface area (Å²) in [5, 5.41) is 3.22. The zero-order valence-electron chi connectivity index (χ0n) is 14.5. The number of carbonyl (C=O) groups is 1. The smallest absolute Gasteiger partial charge is 0.253 e. The molecule has 1 heterocycles. The van der Waals surface area contributed by atoms with E-state index in [1.807, 2.05) is 0 Å². The van der Waals surface area contributed by atoms with Gasteiger partial charge in [0.25, 0.3) is 5.91 Å². The minimum absolute atomic E-state index is 0.0255. The van der Waals surface area contributed by atoms with E-state index in [1.54, 1.807) is 31.9 Å². The van der Waals surface area contributed by atoms with E-state index in [0.717, 1.165) is 19.5 Å². The molecule has 0 saturated carbocycles. The highest BCUT2D eigenvalue weighted by Gasteiger charge is 2.27. The number of hydrogen-bond acceptors (Lipinski definition) is 5. The summed E-state index contributed by atoms with van der Waals surface area (Å²) >= 11 is 0. The summed E-state index contributed by atoms with van der Waals surface area (Å²) in [7, 11) is -0.616. The van der Waals surface area contributed by atoms with Crippen molar-refractivity contribution >= 4 is 15.9 Å². The summed E-state index contributed by atoms with van der Waals surface area (Å²) in [6, 6.07) is 4.35. The fraction of sp³-hybridized carbons (Fsp3) is 0.562. The summed E-state index contributed by atoms with van der Waals surface area (Å²) in [5.74, 6) is 0.0113. The van der Waals surface area contributed by atoms with Crippen LogP contribution >= 0.6 is 0 Å². The Morgan fingerprint density at radius 1 is 1.42 bits per heavy atom. The number of sulfonamides is 1. The summed E-state index contributed by atoms with van der Waals surface area (Å²) in [6.07, 6.45) is 0.887. The van der Waals surface area contributed by atoms with E-state index >= 15 is 0 Å². The second-order valence-corrected chi connectivity index (χ2v) is 7.89. The van der Waals surface area contributed by atoms with Gasteiger partial charge in [-0.2, -0.15) is 0 Å². The van der Waals surface area contributed by atoms with Crippen molar-refractivity contribution in [2.24, 2.45) is 0 Å². The van der Waals surface area contributed by atoms with E-state index in [4.69, 9.17) is 4.74 Å². The first-order valence-electron chi connectivity index (χ1n) is 7.94. The molecule has 0 aliphatic carbocycles. The van der Waals surface area contributed by atoms with Gasteiger partial charge in [-0.1, -0.05) is 0 Å². The van der Waals surface area contributed by atoms with Crippen LogP contribution in [0.15, 0.2) is 23.1 Å². The van der Waals surface area contributed by atoms with E-state index in [9.17, 15) is 13.2 Å². The number of nitrogens with zero attached hydrogens (tertiary/aromatic N) is 1. The van der Waals surface area contributed by atoms with Crippen LogP contribution in [0.5, 0.6) is 5.75 Å². The maximum atomic E-state index is 12.7. The van der Waals surface area contributed by atoms with Crippen molar-refractivity contribution in [3.63, 3.8) is 0 Å². The number of ether oxygens (including phenoxy) is 1. The molecule has 1 aliphatic heterocycles. The maximum absolute atomic E-state index is 12.7. The molecule has 1 saturated heterocycles. The summed E-state index contributed by atoms with van der Waals surface area (Å²) in [5.41, 5.74) is 0.328. The highest BCUT2D eigenvalue weighted by Crippen LogP contribution is 2.26. The first-order chi connectivity index (χ1) is 11.3. The summed E-state index contributed by atoms with van der Waals surface area (Å²) in [6.45, 7) is 5.10. The molecule has 8 heteroatoms. The van der Waals surface area contributed by atoms with Gasteiger partial charge in [0.05, 0.1) is 7.11 Å². The lowest BCUT2D eigenvalue weighted by Crippen LogP contribution is -2.38. The van der Waals surface area contributed by atoms with Gasteiger partial charge < -0.3 is 15.0 Å². The predicted molar refractivity (Wildman–Crippen MR) is 91.8 cm³/mol. The van der Waals surface area contributed by atoms with Crippen molar-refractivity contribution in [1.29, 1.82) is 0 Å². The van der Waals surface area contributed by atoms with Crippen LogP contribution in [0.25, 0.3) is 0 Å². The molecule has 0 spiro atoms. The molecule has 0 radical (unpaired) electrons. The number of benzene rings is 1. The molecule has 7 nitrogen and oxygen atoms in total. The maximum Gasteiger partial charge on any atom is 0.253 e. The van der Waals surface area contributed by atoms with Gasteiger partial charge >= 0.3 is 0 Å².